The highest BCUT2D eigenvalue weighted by Crippen LogP contribution is 2.32. The third-order valence-electron chi connectivity index (χ3n) is 5.23. The van der Waals surface area contributed by atoms with Gasteiger partial charge in [0.1, 0.15) is 30.8 Å². The molecule has 0 amide bonds. The van der Waals surface area contributed by atoms with E-state index < -0.39 is 18.4 Å². The van der Waals surface area contributed by atoms with E-state index >= 15 is 0 Å². The van der Waals surface area contributed by atoms with Gasteiger partial charge in [0.15, 0.2) is 11.5 Å². The van der Waals surface area contributed by atoms with Crippen LogP contribution in [0.15, 0.2) is 12.7 Å². The van der Waals surface area contributed by atoms with Gasteiger partial charge in [-0.05, 0) is 12.8 Å². The van der Waals surface area contributed by atoms with Gasteiger partial charge in [-0.3, -0.25) is 9.36 Å². The number of carbonyl (C=O) groups excluding carboxylic acids is 1. The van der Waals surface area contributed by atoms with E-state index in [1.165, 1.54) is 12.7 Å². The van der Waals surface area contributed by atoms with Crippen molar-refractivity contribution in [2.45, 2.75) is 57.0 Å². The highest BCUT2D eigenvalue weighted by atomic mass is 16.6. The predicted octanol–water partition coefficient (Wildman–Crippen LogP) is 1.18. The van der Waals surface area contributed by atoms with Crippen molar-refractivity contribution >= 4 is 23.0 Å². The second-order valence-electron chi connectivity index (χ2n) is 6.98. The number of imidazole rings is 1. The van der Waals surface area contributed by atoms with E-state index in [0.717, 1.165) is 25.7 Å². The van der Waals surface area contributed by atoms with E-state index in [9.17, 15) is 9.90 Å². The molecule has 3 heterocycles. The number of fused-ring (bicyclic) bond motifs is 1. The van der Waals surface area contributed by atoms with Crippen molar-refractivity contribution in [3.63, 3.8) is 0 Å². The number of nitrogens with two attached hydrogens (primary N) is 1. The number of carbonyl (C=O) groups is 1. The summed E-state index contributed by atoms with van der Waals surface area (Å²) in [4.78, 5) is 24.5. The monoisotopic (exact) mass is 361 g/mol. The van der Waals surface area contributed by atoms with Gasteiger partial charge in [0.2, 0.25) is 0 Å². The van der Waals surface area contributed by atoms with E-state index in [4.69, 9.17) is 15.2 Å². The second-order valence-corrected chi connectivity index (χ2v) is 6.98. The Kier molecular flexibility index (Phi) is 4.73. The Labute approximate surface area is 150 Å². The zero-order valence-electron chi connectivity index (χ0n) is 14.5. The minimum absolute atomic E-state index is 0.0182. The molecule has 1 aliphatic heterocycles. The Bertz CT molecular complexity index is 789. The van der Waals surface area contributed by atoms with Crippen molar-refractivity contribution in [3.8, 4) is 0 Å². The lowest BCUT2D eigenvalue weighted by atomic mass is 9.89. The normalized spacial score (nSPS) is 27.0. The molecule has 3 atom stereocenters. The third-order valence-corrected chi connectivity index (χ3v) is 5.23. The largest absolute Gasteiger partial charge is 0.463 e. The summed E-state index contributed by atoms with van der Waals surface area (Å²) in [6, 6.07) is 0. The molecule has 140 valence electrons. The summed E-state index contributed by atoms with van der Waals surface area (Å²) in [6.45, 7) is 0.0523. The lowest BCUT2D eigenvalue weighted by Gasteiger charge is -2.21. The molecule has 1 saturated heterocycles. The van der Waals surface area contributed by atoms with Crippen LogP contribution in [0.5, 0.6) is 0 Å². The van der Waals surface area contributed by atoms with Crippen LogP contribution in [0, 0.1) is 5.92 Å². The Hall–Kier alpha value is -2.26. The molecular formula is C17H23N5O4. The molecule has 0 spiro atoms. The predicted molar refractivity (Wildman–Crippen MR) is 91.8 cm³/mol. The van der Waals surface area contributed by atoms with Crippen LogP contribution in [0.25, 0.3) is 11.2 Å². The van der Waals surface area contributed by atoms with Crippen molar-refractivity contribution < 1.29 is 19.4 Å². The first kappa shape index (κ1) is 17.2. The number of rotatable bonds is 4. The summed E-state index contributed by atoms with van der Waals surface area (Å²) in [7, 11) is 0. The molecule has 2 aromatic heterocycles. The van der Waals surface area contributed by atoms with Gasteiger partial charge in [-0.15, -0.1) is 0 Å². The minimum atomic E-state index is -0.726. The standard InChI is InChI=1S/C17H23N5O4/c18-15-14-16(20-8-19-15)22(9-21-14)13-6-11(23)12(26-13)7-25-17(24)10-4-2-1-3-5-10/h8-13,23H,1-7H2,(H2,18,19,20)/t11-,12+,13+/m0/s1. The summed E-state index contributed by atoms with van der Waals surface area (Å²) < 4.78 is 13.0. The quantitative estimate of drug-likeness (QED) is 0.778. The van der Waals surface area contributed by atoms with Gasteiger partial charge >= 0.3 is 5.97 Å². The summed E-state index contributed by atoms with van der Waals surface area (Å²) >= 11 is 0. The van der Waals surface area contributed by atoms with Gasteiger partial charge in [-0.2, -0.15) is 0 Å². The number of aromatic nitrogens is 4. The lowest BCUT2D eigenvalue weighted by Crippen LogP contribution is -2.30. The highest BCUT2D eigenvalue weighted by Gasteiger charge is 2.37. The number of nitrogen functional groups attached to an aromatic ring is 1. The van der Waals surface area contributed by atoms with Gasteiger partial charge < -0.3 is 20.3 Å². The average molecular weight is 361 g/mol. The van der Waals surface area contributed by atoms with Crippen molar-refractivity contribution in [2.24, 2.45) is 5.92 Å². The van der Waals surface area contributed by atoms with Gasteiger partial charge in [-0.1, -0.05) is 19.3 Å². The van der Waals surface area contributed by atoms with Crippen LogP contribution in [0.2, 0.25) is 0 Å². The van der Waals surface area contributed by atoms with E-state index in [0.29, 0.717) is 23.4 Å². The molecule has 1 aliphatic carbocycles. The van der Waals surface area contributed by atoms with Crippen molar-refractivity contribution in [1.29, 1.82) is 0 Å². The first-order chi connectivity index (χ1) is 12.6. The molecule has 0 unspecified atom stereocenters. The molecule has 0 radical (unpaired) electrons. The molecule has 2 fully saturated rings. The van der Waals surface area contributed by atoms with E-state index in [1.807, 2.05) is 0 Å². The van der Waals surface area contributed by atoms with Crippen LogP contribution >= 0.6 is 0 Å². The molecule has 26 heavy (non-hydrogen) atoms. The van der Waals surface area contributed by atoms with E-state index in [1.54, 1.807) is 10.9 Å². The molecule has 2 aliphatic rings. The lowest BCUT2D eigenvalue weighted by molar-refractivity contribution is -0.156. The van der Waals surface area contributed by atoms with Gasteiger partial charge in [0.25, 0.3) is 0 Å². The maximum Gasteiger partial charge on any atom is 0.309 e. The minimum Gasteiger partial charge on any atom is -0.463 e. The summed E-state index contributed by atoms with van der Waals surface area (Å²) in [5, 5.41) is 10.3. The van der Waals surface area contributed by atoms with Crippen LogP contribution in [0.3, 0.4) is 0 Å². The topological polar surface area (TPSA) is 125 Å². The maximum absolute atomic E-state index is 12.2. The number of aliphatic hydroxyl groups excluding tert-OH is 1. The molecule has 9 heteroatoms. The molecule has 1 saturated carbocycles. The molecular weight excluding hydrogens is 338 g/mol. The van der Waals surface area contributed by atoms with Gasteiger partial charge in [0, 0.05) is 6.42 Å². The fourth-order valence-electron chi connectivity index (χ4n) is 3.74. The summed E-state index contributed by atoms with van der Waals surface area (Å²) in [6.07, 6.45) is 6.67. The smallest absolute Gasteiger partial charge is 0.309 e. The second kappa shape index (κ2) is 7.16. The maximum atomic E-state index is 12.2. The van der Waals surface area contributed by atoms with Crippen molar-refractivity contribution in [2.75, 3.05) is 12.3 Å². The Morgan fingerprint density at radius 2 is 2.12 bits per heavy atom. The number of anilines is 1. The molecule has 3 N–H and O–H groups in total. The number of esters is 1. The number of aliphatic hydroxyl groups is 1. The molecule has 2 aromatic rings. The summed E-state index contributed by atoms with van der Waals surface area (Å²) in [5.74, 6) is 0.0955. The van der Waals surface area contributed by atoms with E-state index in [2.05, 4.69) is 15.0 Å². The number of hydrogen-bond acceptors (Lipinski definition) is 8. The fraction of sp³-hybridized carbons (Fsp3) is 0.647. The molecule has 0 aromatic carbocycles. The van der Waals surface area contributed by atoms with Gasteiger partial charge in [0.05, 0.1) is 18.3 Å². The van der Waals surface area contributed by atoms with Crippen molar-refractivity contribution in [1.82, 2.24) is 19.5 Å². The van der Waals surface area contributed by atoms with Crippen LogP contribution in [0.4, 0.5) is 5.82 Å². The fourth-order valence-corrected chi connectivity index (χ4v) is 3.74. The van der Waals surface area contributed by atoms with Gasteiger partial charge in [-0.25, -0.2) is 15.0 Å². The summed E-state index contributed by atoms with van der Waals surface area (Å²) in [5.41, 5.74) is 6.85. The highest BCUT2D eigenvalue weighted by molar-refractivity contribution is 5.81. The number of hydrogen-bond donors (Lipinski definition) is 2. The van der Waals surface area contributed by atoms with E-state index in [-0.39, 0.29) is 18.5 Å². The Balaban J connectivity index is 1.39. The SMILES string of the molecule is Nc1ncnc2c1ncn2[C@H]1C[C@H](O)[C@@H](COC(=O)C2CCCCC2)O1. The first-order valence-electron chi connectivity index (χ1n) is 9.06. The number of nitrogens with zero attached hydrogens (tertiary/aromatic N) is 4. The third kappa shape index (κ3) is 3.24. The number of ether oxygens (including phenoxy) is 2. The zero-order valence-corrected chi connectivity index (χ0v) is 14.5. The first-order valence-corrected chi connectivity index (χ1v) is 9.06. The van der Waals surface area contributed by atoms with Crippen LogP contribution < -0.4 is 5.73 Å². The van der Waals surface area contributed by atoms with Crippen molar-refractivity contribution in [3.05, 3.63) is 12.7 Å². The molecule has 9 nitrogen and oxygen atoms in total. The van der Waals surface area contributed by atoms with Crippen LogP contribution in [0.1, 0.15) is 44.8 Å². The molecule has 0 bridgehead atoms. The molecule has 4 rings (SSSR count). The van der Waals surface area contributed by atoms with Crippen LogP contribution in [-0.2, 0) is 14.3 Å². The zero-order chi connectivity index (χ0) is 18.1. The Morgan fingerprint density at radius 3 is 2.92 bits per heavy atom. The average Bonchev–Trinajstić information content (AvgIpc) is 3.25. The Morgan fingerprint density at radius 1 is 1.31 bits per heavy atom. The van der Waals surface area contributed by atoms with Crippen LogP contribution in [-0.4, -0.2) is 49.4 Å².